The van der Waals surface area contributed by atoms with Gasteiger partial charge < -0.3 is 14.9 Å². The van der Waals surface area contributed by atoms with Gasteiger partial charge in [0.05, 0.1) is 0 Å². The van der Waals surface area contributed by atoms with E-state index in [1.807, 2.05) is 6.07 Å². The summed E-state index contributed by atoms with van der Waals surface area (Å²) >= 11 is 0. The van der Waals surface area contributed by atoms with Crippen LogP contribution in [0.1, 0.15) is 0 Å². The fourth-order valence-corrected chi connectivity index (χ4v) is 2.66. The molecule has 122 valence electrons. The van der Waals surface area contributed by atoms with Gasteiger partial charge in [0.15, 0.2) is 0 Å². The van der Waals surface area contributed by atoms with Crippen LogP contribution in [0.25, 0.3) is 0 Å². The van der Waals surface area contributed by atoms with E-state index < -0.39 is 0 Å². The van der Waals surface area contributed by atoms with Crippen LogP contribution in [0.4, 0.5) is 5.69 Å². The van der Waals surface area contributed by atoms with E-state index >= 15 is 0 Å². The zero-order chi connectivity index (χ0) is 16.4. The Hall–Kier alpha value is -2.77. The fourth-order valence-electron chi connectivity index (χ4n) is 2.66. The first kappa shape index (κ1) is 15.1. The first-order valence-electron chi connectivity index (χ1n) is 7.45. The number of aryl methyl sites for hydroxylation is 1. The normalized spacial score (nSPS) is 15.0. The van der Waals surface area contributed by atoms with Crippen LogP contribution in [0.3, 0.4) is 0 Å². The van der Waals surface area contributed by atoms with Crippen LogP contribution in [0, 0.1) is 0 Å². The molecule has 1 aromatic carbocycles. The minimum absolute atomic E-state index is 0.0359. The molecule has 1 amide bonds. The summed E-state index contributed by atoms with van der Waals surface area (Å²) in [7, 11) is 1.60. The second kappa shape index (κ2) is 6.15. The summed E-state index contributed by atoms with van der Waals surface area (Å²) in [5.74, 6) is 0.122. The van der Waals surface area contributed by atoms with E-state index in [-0.39, 0.29) is 23.9 Å². The molecule has 0 spiro atoms. The smallest absolute Gasteiger partial charge is 0.345 e. The molecule has 1 N–H and O–H groups in total. The highest BCUT2D eigenvalue weighted by molar-refractivity contribution is 5.76. The summed E-state index contributed by atoms with van der Waals surface area (Å²) in [5, 5.41) is 13.4. The molecule has 2 heterocycles. The number of amides is 1. The molecule has 1 saturated heterocycles. The molecule has 3 rings (SSSR count). The maximum atomic E-state index is 12.3. The first-order valence-corrected chi connectivity index (χ1v) is 7.45. The van der Waals surface area contributed by atoms with Crippen molar-refractivity contribution in [2.24, 2.45) is 7.05 Å². The molecule has 0 unspecified atom stereocenters. The van der Waals surface area contributed by atoms with Gasteiger partial charge in [0, 0.05) is 45.0 Å². The average Bonchev–Trinajstić information content (AvgIpc) is 2.87. The molecule has 0 atom stereocenters. The maximum absolute atomic E-state index is 12.3. The van der Waals surface area contributed by atoms with E-state index in [4.69, 9.17) is 0 Å². The SMILES string of the molecule is Cn1cnn(CC(=O)N2CCN(c3cccc(O)c3)CC2)c1=O. The Bertz CT molecular complexity index is 758. The number of aromatic hydroxyl groups is 1. The number of nitrogens with zero attached hydrogens (tertiary/aromatic N) is 5. The molecule has 0 aliphatic carbocycles. The van der Waals surface area contributed by atoms with Crippen LogP contribution in [-0.2, 0) is 18.4 Å². The summed E-state index contributed by atoms with van der Waals surface area (Å²) in [6.45, 7) is 2.50. The van der Waals surface area contributed by atoms with Gasteiger partial charge in [0.2, 0.25) is 5.91 Å². The van der Waals surface area contributed by atoms with Gasteiger partial charge in [-0.15, -0.1) is 0 Å². The van der Waals surface area contributed by atoms with Crippen LogP contribution in [0.2, 0.25) is 0 Å². The van der Waals surface area contributed by atoms with E-state index in [1.54, 1.807) is 30.1 Å². The van der Waals surface area contributed by atoms with Crippen molar-refractivity contribution in [3.63, 3.8) is 0 Å². The van der Waals surface area contributed by atoms with Crippen molar-refractivity contribution < 1.29 is 9.90 Å². The predicted molar refractivity (Wildman–Crippen MR) is 84.4 cm³/mol. The zero-order valence-corrected chi connectivity index (χ0v) is 12.9. The van der Waals surface area contributed by atoms with Crippen LogP contribution in [-0.4, -0.2) is 56.4 Å². The summed E-state index contributed by atoms with van der Waals surface area (Å²) in [5.41, 5.74) is 0.648. The maximum Gasteiger partial charge on any atom is 0.345 e. The van der Waals surface area contributed by atoms with E-state index in [0.29, 0.717) is 26.2 Å². The van der Waals surface area contributed by atoms with Crippen molar-refractivity contribution >= 4 is 11.6 Å². The van der Waals surface area contributed by atoms with Gasteiger partial charge in [-0.25, -0.2) is 9.48 Å². The molecular formula is C15H19N5O3. The lowest BCUT2D eigenvalue weighted by Gasteiger charge is -2.36. The standard InChI is InChI=1S/C15H19N5O3/c1-17-11-16-20(15(17)23)10-14(22)19-7-5-18(6-8-19)12-3-2-4-13(21)9-12/h2-4,9,11,21H,5-8,10H2,1H3. The number of anilines is 1. The second-order valence-corrected chi connectivity index (χ2v) is 5.57. The zero-order valence-electron chi connectivity index (χ0n) is 12.9. The lowest BCUT2D eigenvalue weighted by atomic mass is 10.2. The van der Waals surface area contributed by atoms with Crippen molar-refractivity contribution in [1.29, 1.82) is 0 Å². The van der Waals surface area contributed by atoms with Gasteiger partial charge in [-0.05, 0) is 12.1 Å². The van der Waals surface area contributed by atoms with E-state index in [2.05, 4.69) is 10.00 Å². The van der Waals surface area contributed by atoms with Crippen LogP contribution in [0.5, 0.6) is 5.75 Å². The number of piperazine rings is 1. The minimum atomic E-state index is -0.295. The second-order valence-electron chi connectivity index (χ2n) is 5.57. The molecule has 1 aliphatic rings. The summed E-state index contributed by atoms with van der Waals surface area (Å²) in [6.07, 6.45) is 1.40. The number of phenols is 1. The third-order valence-electron chi connectivity index (χ3n) is 4.00. The van der Waals surface area contributed by atoms with E-state index in [9.17, 15) is 14.7 Å². The van der Waals surface area contributed by atoms with Crippen molar-refractivity contribution in [2.75, 3.05) is 31.1 Å². The average molecular weight is 317 g/mol. The highest BCUT2D eigenvalue weighted by Gasteiger charge is 2.22. The third kappa shape index (κ3) is 3.20. The number of carbonyl (C=O) groups is 1. The van der Waals surface area contributed by atoms with Gasteiger partial charge >= 0.3 is 5.69 Å². The monoisotopic (exact) mass is 317 g/mol. The quantitative estimate of drug-likeness (QED) is 0.835. The molecule has 1 aliphatic heterocycles. The molecule has 8 nitrogen and oxygen atoms in total. The van der Waals surface area contributed by atoms with Crippen LogP contribution < -0.4 is 10.6 Å². The van der Waals surface area contributed by atoms with Crippen LogP contribution >= 0.6 is 0 Å². The number of phenolic OH excluding ortho intramolecular Hbond substituents is 1. The molecule has 1 fully saturated rings. The van der Waals surface area contributed by atoms with Crippen molar-refractivity contribution in [1.82, 2.24) is 19.2 Å². The lowest BCUT2D eigenvalue weighted by molar-refractivity contribution is -0.132. The lowest BCUT2D eigenvalue weighted by Crippen LogP contribution is -2.50. The third-order valence-corrected chi connectivity index (χ3v) is 4.00. The van der Waals surface area contributed by atoms with Crippen LogP contribution in [0.15, 0.2) is 35.4 Å². The Balaban J connectivity index is 1.59. The fraction of sp³-hybridized carbons (Fsp3) is 0.400. The molecule has 2 aromatic rings. The Labute approximate surface area is 133 Å². The van der Waals surface area contributed by atoms with Gasteiger partial charge in [-0.3, -0.25) is 9.36 Å². The largest absolute Gasteiger partial charge is 0.508 e. The molecular weight excluding hydrogens is 298 g/mol. The Kier molecular flexibility index (Phi) is 4.05. The molecule has 0 bridgehead atoms. The number of hydrogen-bond donors (Lipinski definition) is 1. The van der Waals surface area contributed by atoms with Crippen molar-refractivity contribution in [3.05, 3.63) is 41.1 Å². The summed E-state index contributed by atoms with van der Waals surface area (Å²) in [6, 6.07) is 7.08. The number of carbonyl (C=O) groups excluding carboxylic acids is 1. The Morgan fingerprint density at radius 3 is 2.61 bits per heavy atom. The Morgan fingerprint density at radius 2 is 2.00 bits per heavy atom. The summed E-state index contributed by atoms with van der Waals surface area (Å²) < 4.78 is 2.51. The van der Waals surface area contributed by atoms with Gasteiger partial charge in [-0.1, -0.05) is 6.07 Å². The van der Waals surface area contributed by atoms with Gasteiger partial charge in [-0.2, -0.15) is 5.10 Å². The van der Waals surface area contributed by atoms with Crippen molar-refractivity contribution in [3.8, 4) is 5.75 Å². The molecule has 0 radical (unpaired) electrons. The van der Waals surface area contributed by atoms with Gasteiger partial charge in [0.1, 0.15) is 18.6 Å². The van der Waals surface area contributed by atoms with E-state index in [1.165, 1.54) is 15.6 Å². The molecule has 23 heavy (non-hydrogen) atoms. The number of aromatic nitrogens is 3. The highest BCUT2D eigenvalue weighted by atomic mass is 16.3. The molecule has 1 aromatic heterocycles. The van der Waals surface area contributed by atoms with Crippen molar-refractivity contribution in [2.45, 2.75) is 6.54 Å². The van der Waals surface area contributed by atoms with Gasteiger partial charge in [0.25, 0.3) is 0 Å². The molecule has 0 saturated carbocycles. The predicted octanol–water partition coefficient (Wildman–Crippen LogP) is -0.364. The highest BCUT2D eigenvalue weighted by Crippen LogP contribution is 2.21. The number of hydrogen-bond acceptors (Lipinski definition) is 5. The first-order chi connectivity index (χ1) is 11.0. The Morgan fingerprint density at radius 1 is 1.26 bits per heavy atom. The number of rotatable bonds is 3. The number of benzene rings is 1. The van der Waals surface area contributed by atoms with E-state index in [0.717, 1.165) is 5.69 Å². The summed E-state index contributed by atoms with van der Waals surface area (Å²) in [4.78, 5) is 27.9. The molecule has 8 heteroatoms. The minimum Gasteiger partial charge on any atom is -0.508 e. The topological polar surface area (TPSA) is 83.6 Å².